The number of fused-ring (bicyclic) bond motifs is 1. The second-order valence-corrected chi connectivity index (χ2v) is 4.01. The molecule has 0 saturated heterocycles. The van der Waals surface area contributed by atoms with Crippen LogP contribution < -0.4 is 0 Å². The van der Waals surface area contributed by atoms with Gasteiger partial charge in [0.25, 0.3) is 0 Å². The lowest BCUT2D eigenvalue weighted by Crippen LogP contribution is -2.35. The van der Waals surface area contributed by atoms with Crippen LogP contribution in [0.15, 0.2) is 24.3 Å². The number of nitriles is 1. The lowest BCUT2D eigenvalue weighted by molar-refractivity contribution is 0.216. The van der Waals surface area contributed by atoms with E-state index in [0.717, 1.165) is 12.0 Å². The number of nitrogens with zero attached hydrogens (tertiary/aromatic N) is 1. The van der Waals surface area contributed by atoms with Gasteiger partial charge in [-0.05, 0) is 18.4 Å². The van der Waals surface area contributed by atoms with Gasteiger partial charge in [-0.15, -0.1) is 11.6 Å². The van der Waals surface area contributed by atoms with E-state index in [9.17, 15) is 4.39 Å². The molecule has 0 N–H and O–H groups in total. The molecule has 1 aromatic rings. The first-order valence-corrected chi connectivity index (χ1v) is 4.95. The van der Waals surface area contributed by atoms with E-state index >= 15 is 0 Å². The minimum Gasteiger partial charge on any atom is -0.220 e. The first-order valence-electron chi connectivity index (χ1n) is 4.51. The van der Waals surface area contributed by atoms with Crippen molar-refractivity contribution in [2.45, 2.75) is 23.9 Å². The molecule has 0 amide bonds. The molecular weight excluding hydrogens is 201 g/mol. The predicted molar refractivity (Wildman–Crippen MR) is 52.8 cm³/mol. The molecule has 0 fully saturated rings. The number of benzene rings is 1. The Morgan fingerprint density at radius 2 is 2.21 bits per heavy atom. The van der Waals surface area contributed by atoms with Crippen molar-refractivity contribution in [1.29, 1.82) is 5.26 Å². The summed E-state index contributed by atoms with van der Waals surface area (Å²) < 4.78 is 14.2. The summed E-state index contributed by atoms with van der Waals surface area (Å²) >= 11 is 5.85. The van der Waals surface area contributed by atoms with Crippen LogP contribution in [-0.2, 0) is 12.1 Å². The van der Waals surface area contributed by atoms with Crippen molar-refractivity contribution >= 4 is 11.6 Å². The van der Waals surface area contributed by atoms with Gasteiger partial charge in [0, 0.05) is 5.56 Å². The van der Waals surface area contributed by atoms with Gasteiger partial charge < -0.3 is 0 Å². The molecule has 1 unspecified atom stereocenters. The number of hydrogen-bond donors (Lipinski definition) is 0. The van der Waals surface area contributed by atoms with E-state index in [1.165, 1.54) is 0 Å². The van der Waals surface area contributed by atoms with Crippen LogP contribution >= 0.6 is 11.6 Å². The molecular formula is C11H9ClFN. The Morgan fingerprint density at radius 3 is 2.93 bits per heavy atom. The molecule has 2 rings (SSSR count). The molecule has 0 radical (unpaired) electrons. The van der Waals surface area contributed by atoms with Crippen LogP contribution in [0.4, 0.5) is 4.39 Å². The third kappa shape index (κ3) is 1.20. The Balaban J connectivity index is 2.59. The van der Waals surface area contributed by atoms with Gasteiger partial charge in [0.15, 0.2) is 0 Å². The average molecular weight is 210 g/mol. The van der Waals surface area contributed by atoms with Gasteiger partial charge in [0.05, 0.1) is 5.38 Å². The first kappa shape index (κ1) is 9.48. The molecule has 0 heterocycles. The maximum atomic E-state index is 14.2. The van der Waals surface area contributed by atoms with Crippen LogP contribution in [0.2, 0.25) is 0 Å². The second kappa shape index (κ2) is 3.25. The largest absolute Gasteiger partial charge is 0.237 e. The normalized spacial score (nSPS) is 30.5. The summed E-state index contributed by atoms with van der Waals surface area (Å²) in [5.41, 5.74) is -0.682. The summed E-state index contributed by atoms with van der Waals surface area (Å²) in [7, 11) is 0. The number of halogens is 2. The van der Waals surface area contributed by atoms with E-state index in [4.69, 9.17) is 16.9 Å². The molecule has 1 aliphatic carbocycles. The van der Waals surface area contributed by atoms with E-state index < -0.39 is 11.0 Å². The minimum atomic E-state index is -2.02. The molecule has 1 aliphatic rings. The van der Waals surface area contributed by atoms with Gasteiger partial charge in [-0.2, -0.15) is 5.26 Å². The van der Waals surface area contributed by atoms with Crippen LogP contribution in [0.25, 0.3) is 0 Å². The fraction of sp³-hybridized carbons (Fsp3) is 0.364. The van der Waals surface area contributed by atoms with Gasteiger partial charge in [-0.1, -0.05) is 24.3 Å². The molecule has 0 spiro atoms. The minimum absolute atomic E-state index is 0.439. The molecule has 2 atom stereocenters. The quantitative estimate of drug-likeness (QED) is 0.603. The predicted octanol–water partition coefficient (Wildman–Crippen LogP) is 2.93. The summed E-state index contributed by atoms with van der Waals surface area (Å²) in [6.07, 6.45) is 1.26. The van der Waals surface area contributed by atoms with E-state index in [1.807, 2.05) is 12.1 Å². The van der Waals surface area contributed by atoms with Crippen LogP contribution in [0.5, 0.6) is 0 Å². The Bertz CT molecular complexity index is 399. The highest BCUT2D eigenvalue weighted by atomic mass is 35.5. The average Bonchev–Trinajstić information content (AvgIpc) is 2.24. The summed E-state index contributed by atoms with van der Waals surface area (Å²) in [5, 5.41) is 8.12. The van der Waals surface area contributed by atoms with Crippen molar-refractivity contribution in [2.24, 2.45) is 0 Å². The summed E-state index contributed by atoms with van der Waals surface area (Å²) in [5.74, 6) is 0. The Morgan fingerprint density at radius 1 is 1.50 bits per heavy atom. The van der Waals surface area contributed by atoms with Crippen LogP contribution in [0.1, 0.15) is 17.5 Å². The van der Waals surface area contributed by atoms with Crippen molar-refractivity contribution in [2.75, 3.05) is 0 Å². The third-order valence-corrected chi connectivity index (χ3v) is 3.19. The highest BCUT2D eigenvalue weighted by Crippen LogP contribution is 2.41. The third-order valence-electron chi connectivity index (χ3n) is 2.67. The van der Waals surface area contributed by atoms with E-state index in [1.54, 1.807) is 18.2 Å². The fourth-order valence-electron chi connectivity index (χ4n) is 1.87. The smallest absolute Gasteiger partial charge is 0.220 e. The number of hydrogen-bond acceptors (Lipinski definition) is 1. The van der Waals surface area contributed by atoms with Crippen LogP contribution in [-0.4, -0.2) is 5.38 Å². The Labute approximate surface area is 87.1 Å². The topological polar surface area (TPSA) is 23.8 Å². The second-order valence-electron chi connectivity index (χ2n) is 3.49. The Kier molecular flexibility index (Phi) is 2.20. The van der Waals surface area contributed by atoms with Crippen molar-refractivity contribution in [3.05, 3.63) is 35.4 Å². The van der Waals surface area contributed by atoms with Gasteiger partial charge in [0.1, 0.15) is 6.07 Å². The highest BCUT2D eigenvalue weighted by molar-refractivity contribution is 6.21. The lowest BCUT2D eigenvalue weighted by atomic mass is 9.81. The molecule has 1 nitrogen and oxygen atoms in total. The zero-order chi connectivity index (χ0) is 10.2. The van der Waals surface area contributed by atoms with Crippen LogP contribution in [0.3, 0.4) is 0 Å². The maximum Gasteiger partial charge on any atom is 0.237 e. The molecule has 0 aliphatic heterocycles. The molecule has 3 heteroatoms. The van der Waals surface area contributed by atoms with E-state index in [-0.39, 0.29) is 0 Å². The van der Waals surface area contributed by atoms with Crippen molar-refractivity contribution in [1.82, 2.24) is 0 Å². The maximum absolute atomic E-state index is 14.2. The van der Waals surface area contributed by atoms with Crippen molar-refractivity contribution in [3.8, 4) is 6.07 Å². The number of rotatable bonds is 0. The highest BCUT2D eigenvalue weighted by Gasteiger charge is 2.44. The standard InChI is InChI=1S/C11H9ClFN/c12-10-6-5-8-3-1-2-4-9(8)11(10,13)7-14/h1-4,10H,5-6H2/t10-,11?/m0/s1. The van der Waals surface area contributed by atoms with Crippen molar-refractivity contribution < 1.29 is 4.39 Å². The Hall–Kier alpha value is -1.07. The summed E-state index contributed by atoms with van der Waals surface area (Å²) in [4.78, 5) is 0. The van der Waals surface area contributed by atoms with E-state index in [2.05, 4.69) is 0 Å². The SMILES string of the molecule is N#CC1(F)c2ccccc2CC[C@@H]1Cl. The first-order chi connectivity index (χ1) is 6.68. The van der Waals surface area contributed by atoms with Crippen LogP contribution in [0, 0.1) is 11.3 Å². The van der Waals surface area contributed by atoms with Gasteiger partial charge in [-0.25, -0.2) is 4.39 Å². The zero-order valence-electron chi connectivity index (χ0n) is 7.50. The zero-order valence-corrected chi connectivity index (χ0v) is 8.26. The number of alkyl halides is 2. The van der Waals surface area contributed by atoms with Gasteiger partial charge in [0.2, 0.25) is 5.67 Å². The molecule has 72 valence electrons. The van der Waals surface area contributed by atoms with E-state index in [0.29, 0.717) is 12.0 Å². The fourth-order valence-corrected chi connectivity index (χ4v) is 2.15. The van der Waals surface area contributed by atoms with Gasteiger partial charge >= 0.3 is 0 Å². The molecule has 0 aromatic heterocycles. The monoisotopic (exact) mass is 209 g/mol. The summed E-state index contributed by atoms with van der Waals surface area (Å²) in [6, 6.07) is 8.77. The molecule has 1 aromatic carbocycles. The number of aryl methyl sites for hydroxylation is 1. The van der Waals surface area contributed by atoms with Crippen molar-refractivity contribution in [3.63, 3.8) is 0 Å². The van der Waals surface area contributed by atoms with Gasteiger partial charge in [-0.3, -0.25) is 0 Å². The molecule has 14 heavy (non-hydrogen) atoms. The molecule has 0 bridgehead atoms. The lowest BCUT2D eigenvalue weighted by Gasteiger charge is -2.30. The molecule has 0 saturated carbocycles. The summed E-state index contributed by atoms with van der Waals surface area (Å²) in [6.45, 7) is 0.